The van der Waals surface area contributed by atoms with Crippen molar-refractivity contribution in [2.45, 2.75) is 0 Å². The summed E-state index contributed by atoms with van der Waals surface area (Å²) in [7, 11) is 0. The summed E-state index contributed by atoms with van der Waals surface area (Å²) >= 11 is 3.53. The Labute approximate surface area is 129 Å². The maximum Gasteiger partial charge on any atom is 0.254 e. The number of fused-ring (bicyclic) bond motifs is 1. The minimum Gasteiger partial charge on any atom is -0.437 e. The van der Waals surface area contributed by atoms with Crippen molar-refractivity contribution in [3.8, 4) is 11.6 Å². The molecule has 0 spiro atoms. The summed E-state index contributed by atoms with van der Waals surface area (Å²) in [5, 5.41) is 2.11. The number of hydrogen-bond donors (Lipinski definition) is 1. The normalized spacial score (nSPS) is 10.5. The van der Waals surface area contributed by atoms with E-state index in [0.29, 0.717) is 5.75 Å². The van der Waals surface area contributed by atoms with Gasteiger partial charge in [-0.1, -0.05) is 30.3 Å². The number of primary amides is 1. The second-order valence-corrected chi connectivity index (χ2v) is 5.21. The van der Waals surface area contributed by atoms with Gasteiger partial charge in [0.1, 0.15) is 11.3 Å². The maximum absolute atomic E-state index is 11.4. The van der Waals surface area contributed by atoms with Gasteiger partial charge in [-0.3, -0.25) is 4.79 Å². The van der Waals surface area contributed by atoms with Crippen molar-refractivity contribution < 1.29 is 9.53 Å². The topological polar surface area (TPSA) is 65.2 Å². The summed E-state index contributed by atoms with van der Waals surface area (Å²) in [5.41, 5.74) is 5.57. The van der Waals surface area contributed by atoms with Crippen molar-refractivity contribution in [2.75, 3.05) is 0 Å². The van der Waals surface area contributed by atoms with Crippen molar-refractivity contribution in [2.24, 2.45) is 5.73 Å². The van der Waals surface area contributed by atoms with Gasteiger partial charge in [-0.05, 0) is 44.9 Å². The zero-order valence-electron chi connectivity index (χ0n) is 10.9. The van der Waals surface area contributed by atoms with Crippen LogP contribution in [0.1, 0.15) is 10.4 Å². The lowest BCUT2D eigenvalue weighted by atomic mass is 10.1. The molecule has 3 aromatic rings. The van der Waals surface area contributed by atoms with E-state index in [9.17, 15) is 4.79 Å². The van der Waals surface area contributed by atoms with Crippen LogP contribution in [0.25, 0.3) is 10.8 Å². The van der Waals surface area contributed by atoms with Crippen molar-refractivity contribution in [3.05, 3.63) is 64.8 Å². The molecule has 0 aliphatic carbocycles. The largest absolute Gasteiger partial charge is 0.437 e. The molecule has 0 bridgehead atoms. The molecule has 2 aromatic carbocycles. The van der Waals surface area contributed by atoms with Crippen molar-refractivity contribution >= 4 is 32.6 Å². The van der Waals surface area contributed by atoms with Gasteiger partial charge in [0.25, 0.3) is 5.91 Å². The number of ether oxygens (including phenoxy) is 1. The van der Waals surface area contributed by atoms with E-state index in [-0.39, 0.29) is 11.4 Å². The molecule has 1 heterocycles. The van der Waals surface area contributed by atoms with Crippen LogP contribution in [0.3, 0.4) is 0 Å². The highest BCUT2D eigenvalue weighted by Crippen LogP contribution is 2.35. The second kappa shape index (κ2) is 5.54. The van der Waals surface area contributed by atoms with E-state index < -0.39 is 5.91 Å². The Morgan fingerprint density at radius 1 is 1.10 bits per heavy atom. The number of aromatic nitrogens is 1. The molecule has 0 radical (unpaired) electrons. The molecule has 4 nitrogen and oxygen atoms in total. The first kappa shape index (κ1) is 13.6. The Hall–Kier alpha value is -2.40. The molecule has 0 atom stereocenters. The Bertz CT molecular complexity index is 833. The second-order valence-electron chi connectivity index (χ2n) is 4.42. The van der Waals surface area contributed by atoms with Gasteiger partial charge in [-0.2, -0.15) is 0 Å². The first-order valence-electron chi connectivity index (χ1n) is 6.27. The third-order valence-corrected chi connectivity index (χ3v) is 3.89. The van der Waals surface area contributed by atoms with Crippen molar-refractivity contribution in [1.82, 2.24) is 4.98 Å². The van der Waals surface area contributed by atoms with Gasteiger partial charge >= 0.3 is 0 Å². The molecule has 0 unspecified atom stereocenters. The first-order chi connectivity index (χ1) is 10.2. The van der Waals surface area contributed by atoms with Gasteiger partial charge in [0, 0.05) is 6.20 Å². The molecule has 0 saturated heterocycles. The molecule has 0 aliphatic rings. The zero-order chi connectivity index (χ0) is 14.8. The van der Waals surface area contributed by atoms with E-state index in [1.54, 1.807) is 18.3 Å². The van der Waals surface area contributed by atoms with Crippen LogP contribution in [0, 0.1) is 0 Å². The van der Waals surface area contributed by atoms with E-state index in [1.807, 2.05) is 36.4 Å². The fraction of sp³-hybridized carbons (Fsp3) is 0. The van der Waals surface area contributed by atoms with Crippen LogP contribution in [-0.4, -0.2) is 10.9 Å². The van der Waals surface area contributed by atoms with Crippen LogP contribution in [0.15, 0.2) is 59.2 Å². The molecule has 0 saturated carbocycles. The number of amides is 1. The lowest BCUT2D eigenvalue weighted by Gasteiger charge is -2.11. The SMILES string of the molecule is NC(=O)c1cccnc1Oc1ccc2ccccc2c1Br. The minimum absolute atomic E-state index is 0.195. The van der Waals surface area contributed by atoms with Crippen molar-refractivity contribution in [1.29, 1.82) is 0 Å². The number of nitrogens with two attached hydrogens (primary N) is 1. The van der Waals surface area contributed by atoms with Gasteiger partial charge in [-0.15, -0.1) is 0 Å². The van der Waals surface area contributed by atoms with Crippen LogP contribution in [-0.2, 0) is 0 Å². The number of carbonyl (C=O) groups is 1. The average molecular weight is 343 g/mol. The minimum atomic E-state index is -0.574. The van der Waals surface area contributed by atoms with Crippen molar-refractivity contribution in [3.63, 3.8) is 0 Å². The summed E-state index contributed by atoms with van der Waals surface area (Å²) < 4.78 is 6.56. The number of nitrogens with zero attached hydrogens (tertiary/aromatic N) is 1. The molecule has 1 amide bonds. The van der Waals surface area contributed by atoms with Gasteiger partial charge in [-0.25, -0.2) is 4.98 Å². The number of hydrogen-bond acceptors (Lipinski definition) is 3. The molecule has 1 aromatic heterocycles. The molecular formula is C16H11BrN2O2. The highest BCUT2D eigenvalue weighted by atomic mass is 79.9. The molecule has 21 heavy (non-hydrogen) atoms. The summed E-state index contributed by atoms with van der Waals surface area (Å²) in [6, 6.07) is 14.9. The Balaban J connectivity index is 2.07. The predicted molar refractivity (Wildman–Crippen MR) is 84.5 cm³/mol. The predicted octanol–water partition coefficient (Wildman–Crippen LogP) is 3.89. The first-order valence-corrected chi connectivity index (χ1v) is 7.06. The highest BCUT2D eigenvalue weighted by Gasteiger charge is 2.13. The number of rotatable bonds is 3. The monoisotopic (exact) mass is 342 g/mol. The number of carbonyl (C=O) groups excluding carboxylic acids is 1. The van der Waals surface area contributed by atoms with E-state index in [1.165, 1.54) is 0 Å². The molecule has 3 rings (SSSR count). The van der Waals surface area contributed by atoms with Crippen LogP contribution in [0.5, 0.6) is 11.6 Å². The van der Waals surface area contributed by atoms with E-state index in [0.717, 1.165) is 15.2 Å². The average Bonchev–Trinajstić information content (AvgIpc) is 2.51. The lowest BCUT2D eigenvalue weighted by Crippen LogP contribution is -2.12. The molecule has 2 N–H and O–H groups in total. The quantitative estimate of drug-likeness (QED) is 0.785. The maximum atomic E-state index is 11.4. The Kier molecular flexibility index (Phi) is 3.58. The number of halogens is 1. The van der Waals surface area contributed by atoms with E-state index >= 15 is 0 Å². The van der Waals surface area contributed by atoms with Crippen LogP contribution in [0.2, 0.25) is 0 Å². The highest BCUT2D eigenvalue weighted by molar-refractivity contribution is 9.10. The zero-order valence-corrected chi connectivity index (χ0v) is 12.5. The van der Waals surface area contributed by atoms with Gasteiger partial charge in [0.15, 0.2) is 0 Å². The van der Waals surface area contributed by atoms with E-state index in [2.05, 4.69) is 20.9 Å². The van der Waals surface area contributed by atoms with Gasteiger partial charge < -0.3 is 10.5 Å². The fourth-order valence-electron chi connectivity index (χ4n) is 2.06. The lowest BCUT2D eigenvalue weighted by molar-refractivity contribution is 0.0997. The third kappa shape index (κ3) is 2.60. The molecule has 0 aliphatic heterocycles. The van der Waals surface area contributed by atoms with Crippen LogP contribution < -0.4 is 10.5 Å². The van der Waals surface area contributed by atoms with Gasteiger partial charge in [0.05, 0.1) is 4.47 Å². The summed E-state index contributed by atoms with van der Waals surface area (Å²) in [5.74, 6) is 0.200. The number of pyridine rings is 1. The summed E-state index contributed by atoms with van der Waals surface area (Å²) in [4.78, 5) is 15.5. The third-order valence-electron chi connectivity index (χ3n) is 3.07. The molecule has 5 heteroatoms. The standard InChI is InChI=1S/C16H11BrN2O2/c17-14-11-5-2-1-4-10(11)7-8-13(14)21-16-12(15(18)20)6-3-9-19-16/h1-9H,(H2,18,20). The Morgan fingerprint density at radius 2 is 1.90 bits per heavy atom. The molecular weight excluding hydrogens is 332 g/mol. The van der Waals surface area contributed by atoms with Crippen LogP contribution >= 0.6 is 15.9 Å². The fourth-order valence-corrected chi connectivity index (χ4v) is 2.63. The number of benzene rings is 2. The smallest absolute Gasteiger partial charge is 0.254 e. The molecule has 0 fully saturated rings. The van der Waals surface area contributed by atoms with E-state index in [4.69, 9.17) is 10.5 Å². The molecule has 104 valence electrons. The Morgan fingerprint density at radius 3 is 2.71 bits per heavy atom. The summed E-state index contributed by atoms with van der Waals surface area (Å²) in [6.07, 6.45) is 1.55. The summed E-state index contributed by atoms with van der Waals surface area (Å²) in [6.45, 7) is 0. The van der Waals surface area contributed by atoms with Gasteiger partial charge in [0.2, 0.25) is 5.88 Å². The van der Waals surface area contributed by atoms with Crippen LogP contribution in [0.4, 0.5) is 0 Å².